The van der Waals surface area contributed by atoms with Gasteiger partial charge in [0.2, 0.25) is 0 Å². The fourth-order valence-corrected chi connectivity index (χ4v) is 2.88. The Kier molecular flexibility index (Phi) is 6.97. The van der Waals surface area contributed by atoms with Crippen molar-refractivity contribution in [3.63, 3.8) is 0 Å². The van der Waals surface area contributed by atoms with Gasteiger partial charge in [-0.3, -0.25) is 9.59 Å². The summed E-state index contributed by atoms with van der Waals surface area (Å²) >= 11 is 1.34. The van der Waals surface area contributed by atoms with Crippen molar-refractivity contribution in [1.29, 1.82) is 0 Å². The highest BCUT2D eigenvalue weighted by molar-refractivity contribution is 7.12. The number of nitrogens with one attached hydrogen (secondary N) is 3. The molecule has 2 aromatic heterocycles. The highest BCUT2D eigenvalue weighted by Crippen LogP contribution is 2.11. The second kappa shape index (κ2) is 9.19. The summed E-state index contributed by atoms with van der Waals surface area (Å²) in [6.07, 6.45) is 4.46. The van der Waals surface area contributed by atoms with Gasteiger partial charge in [-0.25, -0.2) is 0 Å². The third kappa shape index (κ3) is 5.88. The second-order valence-corrected chi connectivity index (χ2v) is 7.05. The Morgan fingerprint density at radius 1 is 1.28 bits per heavy atom. The van der Waals surface area contributed by atoms with Gasteiger partial charge in [-0.2, -0.15) is 0 Å². The number of hydrogen-bond acceptors (Lipinski definition) is 3. The molecular formula is C18H25N4O2S+. The average Bonchev–Trinajstić information content (AvgIpc) is 3.23. The normalized spacial score (nSPS) is 11.6. The molecule has 0 spiro atoms. The quantitative estimate of drug-likeness (QED) is 0.474. The van der Waals surface area contributed by atoms with Crippen molar-refractivity contribution in [2.75, 3.05) is 27.2 Å². The number of amides is 2. The topological polar surface area (TPSA) is 67.6 Å². The molecule has 0 saturated carbocycles. The van der Waals surface area contributed by atoms with Crippen LogP contribution in [-0.2, 0) is 11.8 Å². The number of hydrogen-bond donors (Lipinski definition) is 3. The first-order valence-corrected chi connectivity index (χ1v) is 9.10. The van der Waals surface area contributed by atoms with E-state index in [1.165, 1.54) is 16.2 Å². The Balaban J connectivity index is 2.09. The number of thiophene rings is 1. The van der Waals surface area contributed by atoms with E-state index in [0.29, 0.717) is 11.4 Å². The third-order valence-corrected chi connectivity index (χ3v) is 4.52. The minimum atomic E-state index is -0.278. The Morgan fingerprint density at radius 3 is 2.68 bits per heavy atom. The lowest BCUT2D eigenvalue weighted by atomic mass is 10.2. The lowest BCUT2D eigenvalue weighted by molar-refractivity contribution is -0.858. The number of aromatic nitrogens is 1. The predicted molar refractivity (Wildman–Crippen MR) is 100 cm³/mol. The van der Waals surface area contributed by atoms with Gasteiger partial charge in [0.15, 0.2) is 0 Å². The molecular weight excluding hydrogens is 336 g/mol. The maximum atomic E-state index is 12.5. The monoisotopic (exact) mass is 361 g/mol. The van der Waals surface area contributed by atoms with E-state index in [-0.39, 0.29) is 17.5 Å². The number of carbonyl (C=O) groups excluding carboxylic acids is 2. The molecule has 2 rings (SSSR count). The number of rotatable bonds is 8. The summed E-state index contributed by atoms with van der Waals surface area (Å²) in [5, 5.41) is 7.45. The highest BCUT2D eigenvalue weighted by atomic mass is 32.1. The lowest BCUT2D eigenvalue weighted by Gasteiger charge is -2.11. The van der Waals surface area contributed by atoms with Crippen molar-refractivity contribution in [2.24, 2.45) is 7.05 Å². The molecule has 134 valence electrons. The van der Waals surface area contributed by atoms with Crippen LogP contribution in [0, 0.1) is 0 Å². The van der Waals surface area contributed by atoms with E-state index in [1.807, 2.05) is 41.4 Å². The SMILES string of the molecule is Cn1cccc1/C=C(/NC(=O)c1cccs1)C(=O)NCCC[NH+](C)C. The molecule has 0 radical (unpaired) electrons. The molecule has 6 nitrogen and oxygen atoms in total. The molecule has 0 bridgehead atoms. The molecule has 0 unspecified atom stereocenters. The third-order valence-electron chi connectivity index (χ3n) is 3.65. The molecule has 0 fully saturated rings. The fourth-order valence-electron chi connectivity index (χ4n) is 2.26. The van der Waals surface area contributed by atoms with Gasteiger partial charge in [0.05, 0.1) is 25.5 Å². The van der Waals surface area contributed by atoms with Crippen LogP contribution in [0.1, 0.15) is 21.8 Å². The highest BCUT2D eigenvalue weighted by Gasteiger charge is 2.15. The molecule has 0 atom stereocenters. The summed E-state index contributed by atoms with van der Waals surface area (Å²) in [5.41, 5.74) is 1.09. The molecule has 2 aromatic rings. The Hall–Kier alpha value is -2.38. The van der Waals surface area contributed by atoms with E-state index in [4.69, 9.17) is 0 Å². The van der Waals surface area contributed by atoms with Crippen molar-refractivity contribution in [3.8, 4) is 0 Å². The first-order chi connectivity index (χ1) is 12.0. The average molecular weight is 361 g/mol. The number of aryl methyl sites for hydroxylation is 1. The summed E-state index contributed by atoms with van der Waals surface area (Å²) in [6.45, 7) is 1.54. The summed E-state index contributed by atoms with van der Waals surface area (Å²) < 4.78 is 1.89. The lowest BCUT2D eigenvalue weighted by Crippen LogP contribution is -3.05. The van der Waals surface area contributed by atoms with Gasteiger partial charge in [0, 0.05) is 31.9 Å². The van der Waals surface area contributed by atoms with Gasteiger partial charge in [-0.1, -0.05) is 6.07 Å². The number of quaternary nitrogens is 1. The molecule has 2 heterocycles. The first-order valence-electron chi connectivity index (χ1n) is 8.22. The molecule has 0 aliphatic rings. The molecule has 7 heteroatoms. The van der Waals surface area contributed by atoms with Crippen LogP contribution < -0.4 is 15.5 Å². The molecule has 3 N–H and O–H groups in total. The van der Waals surface area contributed by atoms with Crippen LogP contribution in [0.3, 0.4) is 0 Å². The second-order valence-electron chi connectivity index (χ2n) is 6.10. The largest absolute Gasteiger partial charge is 0.351 e. The summed E-state index contributed by atoms with van der Waals surface area (Å²) in [6, 6.07) is 7.32. The maximum absolute atomic E-state index is 12.5. The van der Waals surface area contributed by atoms with Gasteiger partial charge in [0.1, 0.15) is 5.70 Å². The zero-order valence-electron chi connectivity index (χ0n) is 14.8. The van der Waals surface area contributed by atoms with E-state index >= 15 is 0 Å². The fraction of sp³-hybridized carbons (Fsp3) is 0.333. The van der Waals surface area contributed by atoms with E-state index < -0.39 is 0 Å². The van der Waals surface area contributed by atoms with E-state index in [9.17, 15) is 9.59 Å². The van der Waals surface area contributed by atoms with Crippen LogP contribution in [0.5, 0.6) is 0 Å². The van der Waals surface area contributed by atoms with Crippen molar-refractivity contribution in [3.05, 3.63) is 52.1 Å². The molecule has 0 saturated heterocycles. The summed E-state index contributed by atoms with van der Waals surface area (Å²) in [7, 11) is 6.04. The van der Waals surface area contributed by atoms with Crippen LogP contribution in [0.15, 0.2) is 41.5 Å². The zero-order chi connectivity index (χ0) is 18.2. The van der Waals surface area contributed by atoms with Crippen molar-refractivity contribution in [2.45, 2.75) is 6.42 Å². The van der Waals surface area contributed by atoms with Crippen molar-refractivity contribution >= 4 is 29.2 Å². The van der Waals surface area contributed by atoms with Gasteiger partial charge < -0.3 is 20.1 Å². The van der Waals surface area contributed by atoms with E-state index in [2.05, 4.69) is 24.7 Å². The maximum Gasteiger partial charge on any atom is 0.267 e. The minimum absolute atomic E-state index is 0.248. The standard InChI is InChI=1S/C18H24N4O2S/c1-21(2)10-6-9-19-17(23)15(13-14-7-4-11-22(14)3)20-18(24)16-8-5-12-25-16/h4-5,7-8,11-13H,6,9-10H2,1-3H3,(H,19,23)(H,20,24)/p+1/b15-13+. The molecule has 0 aliphatic heterocycles. The Labute approximate surface area is 152 Å². The predicted octanol–water partition coefficient (Wildman–Crippen LogP) is 0.508. The molecule has 0 aromatic carbocycles. The van der Waals surface area contributed by atoms with Gasteiger partial charge >= 0.3 is 0 Å². The van der Waals surface area contributed by atoms with Crippen LogP contribution in [0.4, 0.5) is 0 Å². The van der Waals surface area contributed by atoms with Gasteiger partial charge in [0.25, 0.3) is 11.8 Å². The minimum Gasteiger partial charge on any atom is -0.351 e. The number of nitrogens with zero attached hydrogens (tertiary/aromatic N) is 1. The van der Waals surface area contributed by atoms with Crippen LogP contribution in [0.25, 0.3) is 6.08 Å². The zero-order valence-corrected chi connectivity index (χ0v) is 15.7. The number of carbonyl (C=O) groups is 2. The molecule has 0 aliphatic carbocycles. The van der Waals surface area contributed by atoms with Crippen LogP contribution >= 0.6 is 11.3 Å². The molecule has 25 heavy (non-hydrogen) atoms. The van der Waals surface area contributed by atoms with Crippen molar-refractivity contribution < 1.29 is 14.5 Å². The van der Waals surface area contributed by atoms with E-state index in [1.54, 1.807) is 12.1 Å². The van der Waals surface area contributed by atoms with Crippen molar-refractivity contribution in [1.82, 2.24) is 15.2 Å². The van der Waals surface area contributed by atoms with Crippen LogP contribution in [0.2, 0.25) is 0 Å². The summed E-state index contributed by atoms with van der Waals surface area (Å²) in [5.74, 6) is -0.553. The van der Waals surface area contributed by atoms with Crippen LogP contribution in [-0.4, -0.2) is 43.6 Å². The van der Waals surface area contributed by atoms with E-state index in [0.717, 1.165) is 18.7 Å². The summed E-state index contributed by atoms with van der Waals surface area (Å²) in [4.78, 5) is 26.7. The molecule has 2 amide bonds. The Morgan fingerprint density at radius 2 is 2.08 bits per heavy atom. The van der Waals surface area contributed by atoms with Gasteiger partial charge in [-0.15, -0.1) is 11.3 Å². The smallest absolute Gasteiger partial charge is 0.267 e. The Bertz CT molecular complexity index is 732. The van der Waals surface area contributed by atoms with Gasteiger partial charge in [-0.05, 0) is 29.7 Å². The first kappa shape index (κ1) is 19.0.